The van der Waals surface area contributed by atoms with Crippen molar-refractivity contribution in [3.63, 3.8) is 0 Å². The molecule has 1 aliphatic heterocycles. The summed E-state index contributed by atoms with van der Waals surface area (Å²) < 4.78 is 0. The number of carbonyl (C=O) groups is 1. The van der Waals surface area contributed by atoms with Crippen LogP contribution >= 0.6 is 12.4 Å². The highest BCUT2D eigenvalue weighted by molar-refractivity contribution is 5.87. The second kappa shape index (κ2) is 6.40. The van der Waals surface area contributed by atoms with Crippen molar-refractivity contribution in [1.82, 2.24) is 4.90 Å². The molecule has 1 aromatic rings. The van der Waals surface area contributed by atoms with Crippen molar-refractivity contribution >= 4 is 18.3 Å². The number of hydrogen-bond donors (Lipinski definition) is 1. The van der Waals surface area contributed by atoms with E-state index in [1.54, 1.807) is 0 Å². The Morgan fingerprint density at radius 2 is 1.74 bits per heavy atom. The van der Waals surface area contributed by atoms with Crippen molar-refractivity contribution < 1.29 is 4.79 Å². The largest absolute Gasteiger partial charge is 0.342 e. The normalized spacial score (nSPS) is 16.9. The van der Waals surface area contributed by atoms with Crippen molar-refractivity contribution in [3.05, 3.63) is 35.9 Å². The van der Waals surface area contributed by atoms with E-state index in [2.05, 4.69) is 0 Å². The zero-order valence-electron chi connectivity index (χ0n) is 11.6. The van der Waals surface area contributed by atoms with Gasteiger partial charge in [-0.05, 0) is 32.3 Å². The Kier molecular flexibility index (Phi) is 5.39. The van der Waals surface area contributed by atoms with Crippen molar-refractivity contribution in [2.75, 3.05) is 13.1 Å². The molecule has 0 spiro atoms. The van der Waals surface area contributed by atoms with Gasteiger partial charge in [0.2, 0.25) is 5.91 Å². The molecular formula is C15H23ClN2O. The summed E-state index contributed by atoms with van der Waals surface area (Å²) in [5.74, 6) is 0.209. The first-order valence-electron chi connectivity index (χ1n) is 6.62. The lowest BCUT2D eigenvalue weighted by molar-refractivity contribution is -0.137. The van der Waals surface area contributed by atoms with Crippen LogP contribution in [0.1, 0.15) is 32.3 Å². The summed E-state index contributed by atoms with van der Waals surface area (Å²) >= 11 is 0. The maximum absolute atomic E-state index is 12.6. The van der Waals surface area contributed by atoms with Crippen LogP contribution in [-0.2, 0) is 10.2 Å². The summed E-state index contributed by atoms with van der Waals surface area (Å²) in [6, 6.07) is 10.2. The molecule has 0 saturated carbocycles. The summed E-state index contributed by atoms with van der Waals surface area (Å²) in [6.07, 6.45) is 1.83. The zero-order chi connectivity index (χ0) is 13.2. The number of nitrogens with zero attached hydrogens (tertiary/aromatic N) is 1. The SMILES string of the molecule is CC(C)(C(=O)N1CCC(N)CC1)c1ccccc1.Cl. The van der Waals surface area contributed by atoms with E-state index in [1.807, 2.05) is 49.1 Å². The van der Waals surface area contributed by atoms with Crippen LogP contribution in [0.3, 0.4) is 0 Å². The third-order valence-corrected chi connectivity index (χ3v) is 3.86. The van der Waals surface area contributed by atoms with Crippen LogP contribution in [0.15, 0.2) is 30.3 Å². The molecule has 1 heterocycles. The maximum Gasteiger partial charge on any atom is 0.232 e. The van der Waals surface area contributed by atoms with Crippen LogP contribution < -0.4 is 5.73 Å². The number of rotatable bonds is 2. The van der Waals surface area contributed by atoms with Gasteiger partial charge in [-0.25, -0.2) is 0 Å². The number of carbonyl (C=O) groups excluding carboxylic acids is 1. The second-order valence-corrected chi connectivity index (χ2v) is 5.62. The van der Waals surface area contributed by atoms with E-state index in [0.717, 1.165) is 31.5 Å². The van der Waals surface area contributed by atoms with Crippen LogP contribution in [0, 0.1) is 0 Å². The van der Waals surface area contributed by atoms with Gasteiger partial charge in [-0.3, -0.25) is 4.79 Å². The fourth-order valence-electron chi connectivity index (χ4n) is 2.48. The van der Waals surface area contributed by atoms with Crippen molar-refractivity contribution in [2.24, 2.45) is 5.73 Å². The summed E-state index contributed by atoms with van der Waals surface area (Å²) in [4.78, 5) is 14.6. The first-order chi connectivity index (χ1) is 8.51. The van der Waals surface area contributed by atoms with Gasteiger partial charge in [0.25, 0.3) is 0 Å². The van der Waals surface area contributed by atoms with E-state index in [1.165, 1.54) is 0 Å². The number of likely N-dealkylation sites (tertiary alicyclic amines) is 1. The lowest BCUT2D eigenvalue weighted by atomic mass is 9.82. The van der Waals surface area contributed by atoms with E-state index in [0.29, 0.717) is 0 Å². The van der Waals surface area contributed by atoms with Gasteiger partial charge in [0.05, 0.1) is 5.41 Å². The van der Waals surface area contributed by atoms with Crippen LogP contribution in [0.5, 0.6) is 0 Å². The molecular weight excluding hydrogens is 260 g/mol. The Balaban J connectivity index is 0.00000180. The van der Waals surface area contributed by atoms with Crippen LogP contribution in [-0.4, -0.2) is 29.9 Å². The maximum atomic E-state index is 12.6. The quantitative estimate of drug-likeness (QED) is 0.905. The first-order valence-corrected chi connectivity index (χ1v) is 6.62. The number of nitrogens with two attached hydrogens (primary N) is 1. The average Bonchev–Trinajstić information content (AvgIpc) is 2.40. The molecule has 0 atom stereocenters. The van der Waals surface area contributed by atoms with E-state index in [9.17, 15) is 4.79 Å². The highest BCUT2D eigenvalue weighted by atomic mass is 35.5. The first kappa shape index (κ1) is 16.0. The molecule has 4 heteroatoms. The summed E-state index contributed by atoms with van der Waals surface area (Å²) in [5, 5.41) is 0. The highest BCUT2D eigenvalue weighted by Crippen LogP contribution is 2.26. The number of hydrogen-bond acceptors (Lipinski definition) is 2. The Bertz CT molecular complexity index is 411. The number of amides is 1. The lowest BCUT2D eigenvalue weighted by Gasteiger charge is -2.36. The minimum absolute atomic E-state index is 0. The van der Waals surface area contributed by atoms with Gasteiger partial charge in [0.1, 0.15) is 0 Å². The number of piperidine rings is 1. The minimum atomic E-state index is -0.456. The summed E-state index contributed by atoms with van der Waals surface area (Å²) in [6.45, 7) is 5.57. The molecule has 1 aromatic carbocycles. The molecule has 0 radical (unpaired) electrons. The second-order valence-electron chi connectivity index (χ2n) is 5.62. The van der Waals surface area contributed by atoms with Gasteiger partial charge < -0.3 is 10.6 Å². The van der Waals surface area contributed by atoms with Crippen LogP contribution in [0.2, 0.25) is 0 Å². The predicted molar refractivity (Wildman–Crippen MR) is 80.5 cm³/mol. The molecule has 2 rings (SSSR count). The fraction of sp³-hybridized carbons (Fsp3) is 0.533. The zero-order valence-corrected chi connectivity index (χ0v) is 12.5. The molecule has 0 unspecified atom stereocenters. The molecule has 19 heavy (non-hydrogen) atoms. The van der Waals surface area contributed by atoms with Crippen molar-refractivity contribution in [2.45, 2.75) is 38.1 Å². The third kappa shape index (κ3) is 3.48. The van der Waals surface area contributed by atoms with E-state index >= 15 is 0 Å². The standard InChI is InChI=1S/C15H22N2O.ClH/c1-15(2,12-6-4-3-5-7-12)14(18)17-10-8-13(16)9-11-17;/h3-7,13H,8-11,16H2,1-2H3;1H. The van der Waals surface area contributed by atoms with Crippen molar-refractivity contribution in [3.8, 4) is 0 Å². The molecule has 1 fully saturated rings. The monoisotopic (exact) mass is 282 g/mol. The Labute approximate surface area is 121 Å². The molecule has 0 aliphatic carbocycles. The average molecular weight is 283 g/mol. The van der Waals surface area contributed by atoms with Crippen LogP contribution in [0.25, 0.3) is 0 Å². The topological polar surface area (TPSA) is 46.3 Å². The van der Waals surface area contributed by atoms with E-state index < -0.39 is 5.41 Å². The summed E-state index contributed by atoms with van der Waals surface area (Å²) in [7, 11) is 0. The molecule has 0 bridgehead atoms. The molecule has 0 aromatic heterocycles. The molecule has 2 N–H and O–H groups in total. The number of benzene rings is 1. The molecule has 106 valence electrons. The Hall–Kier alpha value is -1.06. The van der Waals surface area contributed by atoms with Gasteiger partial charge in [-0.15, -0.1) is 12.4 Å². The smallest absolute Gasteiger partial charge is 0.232 e. The Morgan fingerprint density at radius 1 is 1.21 bits per heavy atom. The molecule has 1 aliphatic rings. The van der Waals surface area contributed by atoms with Gasteiger partial charge in [-0.1, -0.05) is 30.3 Å². The lowest BCUT2D eigenvalue weighted by Crippen LogP contribution is -2.49. The summed E-state index contributed by atoms with van der Waals surface area (Å²) in [5.41, 5.74) is 6.50. The Morgan fingerprint density at radius 3 is 2.26 bits per heavy atom. The third-order valence-electron chi connectivity index (χ3n) is 3.86. The fourth-order valence-corrected chi connectivity index (χ4v) is 2.48. The van der Waals surface area contributed by atoms with Gasteiger partial charge in [0, 0.05) is 19.1 Å². The molecule has 3 nitrogen and oxygen atoms in total. The minimum Gasteiger partial charge on any atom is -0.342 e. The van der Waals surface area contributed by atoms with E-state index in [-0.39, 0.29) is 24.4 Å². The van der Waals surface area contributed by atoms with Crippen molar-refractivity contribution in [1.29, 1.82) is 0 Å². The van der Waals surface area contributed by atoms with Crippen LogP contribution in [0.4, 0.5) is 0 Å². The van der Waals surface area contributed by atoms with Gasteiger partial charge >= 0.3 is 0 Å². The number of halogens is 1. The van der Waals surface area contributed by atoms with Gasteiger partial charge in [0.15, 0.2) is 0 Å². The van der Waals surface area contributed by atoms with Gasteiger partial charge in [-0.2, -0.15) is 0 Å². The highest BCUT2D eigenvalue weighted by Gasteiger charge is 2.34. The van der Waals surface area contributed by atoms with E-state index in [4.69, 9.17) is 5.73 Å². The molecule has 1 saturated heterocycles. The molecule has 1 amide bonds. The predicted octanol–water partition coefficient (Wildman–Crippen LogP) is 2.34.